The van der Waals surface area contributed by atoms with Gasteiger partial charge in [-0.3, -0.25) is 0 Å². The molecule has 0 unspecified atom stereocenters. The molecule has 0 fully saturated rings. The number of rotatable bonds is 6. The molecule has 0 aromatic carbocycles. The lowest BCUT2D eigenvalue weighted by molar-refractivity contribution is 0.224. The predicted molar refractivity (Wildman–Crippen MR) is 50.7 cm³/mol. The number of hydrogen-bond acceptors (Lipinski definition) is 1. The minimum atomic E-state index is -2.51. The lowest BCUT2D eigenvalue weighted by Crippen LogP contribution is -2.28. The first-order chi connectivity index (χ1) is 5.68. The maximum atomic E-state index is 11.8. The second kappa shape index (κ2) is 7.40. The molecule has 72 valence electrons. The van der Waals surface area contributed by atoms with E-state index in [2.05, 4.69) is 24.5 Å². The Morgan fingerprint density at radius 1 is 1.33 bits per heavy atom. The highest BCUT2D eigenvalue weighted by molar-refractivity contribution is 7.80. The summed E-state index contributed by atoms with van der Waals surface area (Å²) < 4.78 is 23.6. The molecular weight excluding hydrogens is 180 g/mol. The van der Waals surface area contributed by atoms with Gasteiger partial charge in [-0.1, -0.05) is 38.4 Å². The van der Waals surface area contributed by atoms with Crippen LogP contribution in [0.1, 0.15) is 32.6 Å². The Bertz CT molecular complexity index is 128. The molecule has 0 spiro atoms. The third kappa shape index (κ3) is 6.46. The average Bonchev–Trinajstić information content (AvgIpc) is 2.03. The van der Waals surface area contributed by atoms with Gasteiger partial charge in [-0.25, -0.2) is 8.78 Å². The van der Waals surface area contributed by atoms with Gasteiger partial charge in [0.05, 0.1) is 0 Å². The van der Waals surface area contributed by atoms with E-state index >= 15 is 0 Å². The van der Waals surface area contributed by atoms with Crippen LogP contribution in [0.4, 0.5) is 8.78 Å². The third-order valence-electron chi connectivity index (χ3n) is 1.53. The Morgan fingerprint density at radius 3 is 2.50 bits per heavy atom. The minimum absolute atomic E-state index is 0.327. The maximum Gasteiger partial charge on any atom is 0.288 e. The van der Waals surface area contributed by atoms with Crippen molar-refractivity contribution >= 4 is 17.2 Å². The summed E-state index contributed by atoms with van der Waals surface area (Å²) in [6.45, 7) is 2.68. The van der Waals surface area contributed by atoms with Crippen molar-refractivity contribution in [3.8, 4) is 0 Å². The maximum absolute atomic E-state index is 11.8. The Kier molecular flexibility index (Phi) is 7.25. The lowest BCUT2D eigenvalue weighted by atomic mass is 10.2. The van der Waals surface area contributed by atoms with Gasteiger partial charge in [0.25, 0.3) is 6.43 Å². The van der Waals surface area contributed by atoms with E-state index in [1.54, 1.807) is 0 Å². The molecule has 0 atom stereocenters. The molecular formula is C8H15F2NS. The SMILES string of the molecule is CCCCCCNC(=S)C(F)F. The first-order valence-corrected chi connectivity index (χ1v) is 4.65. The summed E-state index contributed by atoms with van der Waals surface area (Å²) in [6.07, 6.45) is 1.80. The molecule has 0 aromatic rings. The molecule has 0 saturated heterocycles. The zero-order valence-electron chi connectivity index (χ0n) is 7.28. The van der Waals surface area contributed by atoms with Crippen molar-refractivity contribution in [2.45, 2.75) is 39.0 Å². The molecule has 0 bridgehead atoms. The largest absolute Gasteiger partial charge is 0.375 e. The van der Waals surface area contributed by atoms with Crippen LogP contribution in [-0.4, -0.2) is 18.0 Å². The van der Waals surface area contributed by atoms with Gasteiger partial charge >= 0.3 is 0 Å². The molecule has 0 aromatic heterocycles. The second-order valence-electron chi connectivity index (χ2n) is 2.65. The van der Waals surface area contributed by atoms with Crippen LogP contribution in [0.25, 0.3) is 0 Å². The molecule has 4 heteroatoms. The van der Waals surface area contributed by atoms with E-state index < -0.39 is 6.43 Å². The first-order valence-electron chi connectivity index (χ1n) is 4.24. The standard InChI is InChI=1S/C8H15F2NS/c1-2-3-4-5-6-11-8(12)7(9)10/h7H,2-6H2,1H3,(H,11,12). The van der Waals surface area contributed by atoms with Crippen molar-refractivity contribution in [2.75, 3.05) is 6.54 Å². The van der Waals surface area contributed by atoms with Gasteiger partial charge in [0.2, 0.25) is 0 Å². The van der Waals surface area contributed by atoms with E-state index in [4.69, 9.17) is 0 Å². The number of unbranched alkanes of at least 4 members (excludes halogenated alkanes) is 3. The lowest BCUT2D eigenvalue weighted by Gasteiger charge is -2.05. The molecule has 0 saturated carbocycles. The molecule has 1 N–H and O–H groups in total. The van der Waals surface area contributed by atoms with Gasteiger partial charge in [0, 0.05) is 6.54 Å². The van der Waals surface area contributed by atoms with Crippen LogP contribution in [-0.2, 0) is 0 Å². The van der Waals surface area contributed by atoms with Crippen molar-refractivity contribution in [3.63, 3.8) is 0 Å². The number of hydrogen-bond donors (Lipinski definition) is 1. The average molecular weight is 195 g/mol. The summed E-state index contributed by atoms with van der Waals surface area (Å²) >= 11 is 4.39. The summed E-state index contributed by atoms with van der Waals surface area (Å²) in [5.74, 6) is 0. The van der Waals surface area contributed by atoms with E-state index in [0.717, 1.165) is 25.7 Å². The fraction of sp³-hybridized carbons (Fsp3) is 0.875. The smallest absolute Gasteiger partial charge is 0.288 e. The van der Waals surface area contributed by atoms with Gasteiger partial charge in [0.1, 0.15) is 4.99 Å². The van der Waals surface area contributed by atoms with Crippen LogP contribution < -0.4 is 5.32 Å². The molecule has 0 rings (SSSR count). The van der Waals surface area contributed by atoms with Gasteiger partial charge < -0.3 is 5.32 Å². The van der Waals surface area contributed by atoms with Crippen LogP contribution in [0.15, 0.2) is 0 Å². The molecule has 1 nitrogen and oxygen atoms in total. The van der Waals surface area contributed by atoms with Crippen LogP contribution in [0, 0.1) is 0 Å². The number of halogens is 2. The highest BCUT2D eigenvalue weighted by Crippen LogP contribution is 1.98. The number of alkyl halides is 2. The van der Waals surface area contributed by atoms with E-state index in [9.17, 15) is 8.78 Å². The van der Waals surface area contributed by atoms with E-state index in [1.165, 1.54) is 0 Å². The van der Waals surface area contributed by atoms with Crippen LogP contribution in [0.2, 0.25) is 0 Å². The monoisotopic (exact) mass is 195 g/mol. The summed E-state index contributed by atoms with van der Waals surface area (Å²) in [5.41, 5.74) is 0. The Morgan fingerprint density at radius 2 is 2.00 bits per heavy atom. The molecule has 0 heterocycles. The van der Waals surface area contributed by atoms with Gasteiger partial charge in [0.15, 0.2) is 0 Å². The van der Waals surface area contributed by atoms with Crippen LogP contribution >= 0.6 is 12.2 Å². The van der Waals surface area contributed by atoms with Crippen molar-refractivity contribution in [2.24, 2.45) is 0 Å². The summed E-state index contributed by atoms with van der Waals surface area (Å²) in [4.78, 5) is -0.327. The van der Waals surface area contributed by atoms with E-state index in [1.807, 2.05) is 0 Å². The van der Waals surface area contributed by atoms with E-state index in [0.29, 0.717) is 6.54 Å². The van der Waals surface area contributed by atoms with Crippen molar-refractivity contribution in [3.05, 3.63) is 0 Å². The van der Waals surface area contributed by atoms with Gasteiger partial charge in [-0.15, -0.1) is 0 Å². The highest BCUT2D eigenvalue weighted by Gasteiger charge is 2.08. The molecule has 0 amide bonds. The molecule has 0 aliphatic heterocycles. The number of thiocarbonyl (C=S) groups is 1. The summed E-state index contributed by atoms with van der Waals surface area (Å²) in [7, 11) is 0. The quantitative estimate of drug-likeness (QED) is 0.516. The normalized spacial score (nSPS) is 10.3. The van der Waals surface area contributed by atoms with E-state index in [-0.39, 0.29) is 4.99 Å². The Balaban J connectivity index is 3.14. The minimum Gasteiger partial charge on any atom is -0.375 e. The molecule has 12 heavy (non-hydrogen) atoms. The Labute approximate surface area is 77.5 Å². The molecule has 0 aliphatic carbocycles. The highest BCUT2D eigenvalue weighted by atomic mass is 32.1. The van der Waals surface area contributed by atoms with Crippen molar-refractivity contribution in [1.82, 2.24) is 5.32 Å². The fourth-order valence-electron chi connectivity index (χ4n) is 0.841. The second-order valence-corrected chi connectivity index (χ2v) is 3.09. The van der Waals surface area contributed by atoms with Gasteiger partial charge in [-0.05, 0) is 6.42 Å². The van der Waals surface area contributed by atoms with Crippen LogP contribution in [0.5, 0.6) is 0 Å². The fourth-order valence-corrected chi connectivity index (χ4v) is 0.943. The third-order valence-corrected chi connectivity index (χ3v) is 1.85. The summed E-state index contributed by atoms with van der Waals surface area (Å²) in [6, 6.07) is 0. The number of nitrogens with one attached hydrogen (secondary N) is 1. The first kappa shape index (κ1) is 11.8. The van der Waals surface area contributed by atoms with Crippen LogP contribution in [0.3, 0.4) is 0 Å². The zero-order valence-corrected chi connectivity index (χ0v) is 8.09. The van der Waals surface area contributed by atoms with Crippen molar-refractivity contribution in [1.29, 1.82) is 0 Å². The summed E-state index contributed by atoms with van der Waals surface area (Å²) in [5, 5.41) is 2.52. The molecule has 0 radical (unpaired) electrons. The Hall–Kier alpha value is -0.250. The van der Waals surface area contributed by atoms with Crippen molar-refractivity contribution < 1.29 is 8.78 Å². The molecule has 0 aliphatic rings. The zero-order chi connectivity index (χ0) is 9.40. The predicted octanol–water partition coefficient (Wildman–Crippen LogP) is 2.75. The van der Waals surface area contributed by atoms with Gasteiger partial charge in [-0.2, -0.15) is 0 Å². The topological polar surface area (TPSA) is 12.0 Å².